The number of fused-ring (bicyclic) bond motifs is 3. The van der Waals surface area contributed by atoms with Crippen molar-refractivity contribution in [1.82, 2.24) is 4.57 Å². The Kier molecular flexibility index (Phi) is 7.53. The molecule has 1 heterocycles. The van der Waals surface area contributed by atoms with Crippen LogP contribution in [0.1, 0.15) is 0 Å². The lowest BCUT2D eigenvalue weighted by Crippen LogP contribution is -1.98. The van der Waals surface area contributed by atoms with E-state index in [2.05, 4.69) is 210 Å². The van der Waals surface area contributed by atoms with E-state index in [1.807, 2.05) is 0 Å². The third-order valence-electron chi connectivity index (χ3n) is 9.58. The molecule has 8 aromatic carbocycles. The summed E-state index contributed by atoms with van der Waals surface area (Å²) in [5, 5.41) is 6.40. The lowest BCUT2D eigenvalue weighted by atomic mass is 9.92. The molecule has 9 rings (SSSR count). The van der Waals surface area contributed by atoms with E-state index in [9.17, 15) is 0 Å². The van der Waals surface area contributed by atoms with Crippen LogP contribution in [0, 0.1) is 0 Å². The standard InChI is InChI=1S/C48H34N2/c1-4-15-34(16-5-1)36-19-12-21-38(31-36)42-26-14-27-43(39-22-13-20-37(32-39)35-17-6-2-7-18-35)48(42)49-40-29-30-47-45(33-40)44-25-10-11-28-46(44)50(47)41-23-8-3-9-24-41/h1-33,49H. The van der Waals surface area contributed by atoms with Crippen molar-refractivity contribution in [3.8, 4) is 50.2 Å². The Morgan fingerprint density at radius 3 is 1.42 bits per heavy atom. The van der Waals surface area contributed by atoms with Crippen molar-refractivity contribution in [3.63, 3.8) is 0 Å². The third kappa shape index (κ3) is 5.43. The zero-order valence-corrected chi connectivity index (χ0v) is 27.5. The Bertz CT molecular complexity index is 2500. The summed E-state index contributed by atoms with van der Waals surface area (Å²) in [6, 6.07) is 71.7. The predicted molar refractivity (Wildman–Crippen MR) is 212 cm³/mol. The largest absolute Gasteiger partial charge is 0.354 e. The van der Waals surface area contributed by atoms with E-state index in [1.165, 1.54) is 44.1 Å². The zero-order valence-electron chi connectivity index (χ0n) is 27.5. The minimum absolute atomic E-state index is 1.04. The molecule has 0 saturated heterocycles. The van der Waals surface area contributed by atoms with Gasteiger partial charge in [-0.25, -0.2) is 0 Å². The zero-order chi connectivity index (χ0) is 33.3. The molecule has 0 fully saturated rings. The molecule has 0 aliphatic rings. The molecule has 1 aromatic heterocycles. The number of nitrogens with one attached hydrogen (secondary N) is 1. The molecule has 0 amide bonds. The Hall–Kier alpha value is -6.64. The molecule has 0 bridgehead atoms. The first-order valence-electron chi connectivity index (χ1n) is 17.1. The Labute approximate surface area is 292 Å². The van der Waals surface area contributed by atoms with Crippen molar-refractivity contribution < 1.29 is 0 Å². The highest BCUT2D eigenvalue weighted by Gasteiger charge is 2.17. The number of hydrogen-bond acceptors (Lipinski definition) is 1. The second-order valence-corrected chi connectivity index (χ2v) is 12.7. The fraction of sp³-hybridized carbons (Fsp3) is 0. The second kappa shape index (κ2) is 12.8. The number of hydrogen-bond donors (Lipinski definition) is 1. The maximum absolute atomic E-state index is 3.95. The molecule has 2 heteroatoms. The van der Waals surface area contributed by atoms with Gasteiger partial charge in [0.2, 0.25) is 0 Å². The van der Waals surface area contributed by atoms with Crippen LogP contribution in [-0.2, 0) is 0 Å². The number of aromatic nitrogens is 1. The fourth-order valence-electron chi connectivity index (χ4n) is 7.21. The normalized spacial score (nSPS) is 11.2. The molecular weight excluding hydrogens is 605 g/mol. The van der Waals surface area contributed by atoms with Gasteiger partial charge in [0.05, 0.1) is 16.7 Å². The highest BCUT2D eigenvalue weighted by Crippen LogP contribution is 2.42. The van der Waals surface area contributed by atoms with Gasteiger partial charge in [0.15, 0.2) is 0 Å². The van der Waals surface area contributed by atoms with Gasteiger partial charge >= 0.3 is 0 Å². The summed E-state index contributed by atoms with van der Waals surface area (Å²) < 4.78 is 2.36. The average molecular weight is 639 g/mol. The van der Waals surface area contributed by atoms with Crippen LogP contribution < -0.4 is 5.32 Å². The van der Waals surface area contributed by atoms with Crippen LogP contribution in [0.15, 0.2) is 200 Å². The highest BCUT2D eigenvalue weighted by molar-refractivity contribution is 6.10. The minimum Gasteiger partial charge on any atom is -0.354 e. The number of benzene rings is 8. The van der Waals surface area contributed by atoms with Gasteiger partial charge in [-0.05, 0) is 81.9 Å². The quantitative estimate of drug-likeness (QED) is 0.184. The van der Waals surface area contributed by atoms with Crippen LogP contribution in [-0.4, -0.2) is 4.57 Å². The first-order valence-corrected chi connectivity index (χ1v) is 17.1. The Morgan fingerprint density at radius 2 is 0.800 bits per heavy atom. The van der Waals surface area contributed by atoms with Crippen molar-refractivity contribution in [2.75, 3.05) is 5.32 Å². The van der Waals surface area contributed by atoms with Gasteiger partial charge in [0.25, 0.3) is 0 Å². The van der Waals surface area contributed by atoms with Gasteiger partial charge in [-0.1, -0.05) is 152 Å². The fourth-order valence-corrected chi connectivity index (χ4v) is 7.21. The Balaban J connectivity index is 1.22. The van der Waals surface area contributed by atoms with E-state index in [-0.39, 0.29) is 0 Å². The Morgan fingerprint density at radius 1 is 0.320 bits per heavy atom. The maximum atomic E-state index is 3.95. The van der Waals surface area contributed by atoms with Gasteiger partial charge < -0.3 is 9.88 Å². The molecule has 1 N–H and O–H groups in total. The summed E-state index contributed by atoms with van der Waals surface area (Å²) in [5.74, 6) is 0. The van der Waals surface area contributed by atoms with E-state index in [1.54, 1.807) is 0 Å². The molecule has 0 aliphatic carbocycles. The van der Waals surface area contributed by atoms with Gasteiger partial charge in [0.1, 0.15) is 0 Å². The van der Waals surface area contributed by atoms with Gasteiger partial charge in [-0.3, -0.25) is 0 Å². The summed E-state index contributed by atoms with van der Waals surface area (Å²) in [7, 11) is 0. The molecule has 236 valence electrons. The summed E-state index contributed by atoms with van der Waals surface area (Å²) in [5.41, 5.74) is 15.1. The molecule has 0 aliphatic heterocycles. The van der Waals surface area contributed by atoms with Crippen molar-refractivity contribution in [1.29, 1.82) is 0 Å². The van der Waals surface area contributed by atoms with E-state index >= 15 is 0 Å². The van der Waals surface area contributed by atoms with E-state index in [0.717, 1.165) is 39.3 Å². The predicted octanol–water partition coefficient (Wildman–Crippen LogP) is 13.2. The van der Waals surface area contributed by atoms with Crippen LogP contribution >= 0.6 is 0 Å². The van der Waals surface area contributed by atoms with Gasteiger partial charge in [0, 0.05) is 33.3 Å². The van der Waals surface area contributed by atoms with Crippen molar-refractivity contribution in [2.24, 2.45) is 0 Å². The van der Waals surface area contributed by atoms with Gasteiger partial charge in [-0.2, -0.15) is 0 Å². The van der Waals surface area contributed by atoms with E-state index in [0.29, 0.717) is 0 Å². The summed E-state index contributed by atoms with van der Waals surface area (Å²) in [6.07, 6.45) is 0. The average Bonchev–Trinajstić information content (AvgIpc) is 3.53. The van der Waals surface area contributed by atoms with Crippen molar-refractivity contribution in [3.05, 3.63) is 200 Å². The van der Waals surface area contributed by atoms with Crippen molar-refractivity contribution >= 4 is 33.2 Å². The summed E-state index contributed by atoms with van der Waals surface area (Å²) >= 11 is 0. The van der Waals surface area contributed by atoms with Crippen molar-refractivity contribution in [2.45, 2.75) is 0 Å². The van der Waals surface area contributed by atoms with E-state index < -0.39 is 0 Å². The summed E-state index contributed by atoms with van der Waals surface area (Å²) in [4.78, 5) is 0. The second-order valence-electron chi connectivity index (χ2n) is 12.7. The first kappa shape index (κ1) is 29.5. The first-order chi connectivity index (χ1) is 24.8. The molecule has 2 nitrogen and oxygen atoms in total. The topological polar surface area (TPSA) is 17.0 Å². The lowest BCUT2D eigenvalue weighted by Gasteiger charge is -2.19. The maximum Gasteiger partial charge on any atom is 0.0543 e. The lowest BCUT2D eigenvalue weighted by molar-refractivity contribution is 1.18. The van der Waals surface area contributed by atoms with Crippen LogP contribution in [0.5, 0.6) is 0 Å². The number of para-hydroxylation sites is 3. The molecule has 50 heavy (non-hydrogen) atoms. The van der Waals surface area contributed by atoms with Crippen LogP contribution in [0.2, 0.25) is 0 Å². The smallest absolute Gasteiger partial charge is 0.0543 e. The van der Waals surface area contributed by atoms with Crippen LogP contribution in [0.25, 0.3) is 72.0 Å². The molecule has 0 atom stereocenters. The van der Waals surface area contributed by atoms with Crippen LogP contribution in [0.3, 0.4) is 0 Å². The molecule has 9 aromatic rings. The van der Waals surface area contributed by atoms with Gasteiger partial charge in [-0.15, -0.1) is 0 Å². The molecule has 0 saturated carbocycles. The number of nitrogens with zero attached hydrogens (tertiary/aromatic N) is 1. The molecule has 0 radical (unpaired) electrons. The monoisotopic (exact) mass is 638 g/mol. The highest BCUT2D eigenvalue weighted by atomic mass is 15.0. The number of anilines is 2. The third-order valence-corrected chi connectivity index (χ3v) is 9.58. The van der Waals surface area contributed by atoms with E-state index in [4.69, 9.17) is 0 Å². The molecule has 0 unspecified atom stereocenters. The molecule has 0 spiro atoms. The van der Waals surface area contributed by atoms with Crippen LogP contribution in [0.4, 0.5) is 11.4 Å². The minimum atomic E-state index is 1.04. The summed E-state index contributed by atoms with van der Waals surface area (Å²) in [6.45, 7) is 0. The number of rotatable bonds is 7. The molecular formula is C48H34N2. The SMILES string of the molecule is c1ccc(-c2cccc(-c3cccc(-c4cccc(-c5ccccc5)c4)c3Nc3ccc4c(c3)c3ccccc3n4-c3ccccc3)c2)cc1.